The Balaban J connectivity index is 2.76. The van der Waals surface area contributed by atoms with Crippen molar-refractivity contribution in [1.29, 1.82) is 0 Å². The molecule has 1 rings (SSSR count). The lowest BCUT2D eigenvalue weighted by Crippen LogP contribution is -2.36. The molecule has 108 valence electrons. The lowest BCUT2D eigenvalue weighted by molar-refractivity contribution is 0.0886. The Morgan fingerprint density at radius 3 is 2.47 bits per heavy atom. The molecule has 3 nitrogen and oxygen atoms in total. The van der Waals surface area contributed by atoms with E-state index in [1.165, 1.54) is 0 Å². The zero-order chi connectivity index (χ0) is 14.6. The number of anilines is 1. The molecule has 0 aliphatic heterocycles. The average Bonchev–Trinajstić information content (AvgIpc) is 2.24. The zero-order valence-corrected chi connectivity index (χ0v) is 13.3. The quantitative estimate of drug-likeness (QED) is 0.843. The van der Waals surface area contributed by atoms with Gasteiger partial charge in [-0.15, -0.1) is 0 Å². The van der Waals surface area contributed by atoms with Crippen LogP contribution in [0.25, 0.3) is 0 Å². The van der Waals surface area contributed by atoms with Gasteiger partial charge in [-0.2, -0.15) is 0 Å². The molecular formula is C15H25ClN2O. The number of halogens is 1. The van der Waals surface area contributed by atoms with Crippen molar-refractivity contribution in [1.82, 2.24) is 5.32 Å². The lowest BCUT2D eigenvalue weighted by Gasteiger charge is -2.27. The molecule has 4 heteroatoms. The summed E-state index contributed by atoms with van der Waals surface area (Å²) in [5.74, 6) is 0. The molecule has 19 heavy (non-hydrogen) atoms. The van der Waals surface area contributed by atoms with E-state index in [1.54, 1.807) is 13.8 Å². The number of hydrogen-bond donors (Lipinski definition) is 2. The van der Waals surface area contributed by atoms with Gasteiger partial charge in [0.2, 0.25) is 0 Å². The summed E-state index contributed by atoms with van der Waals surface area (Å²) in [6.07, 6.45) is 0. The van der Waals surface area contributed by atoms with Gasteiger partial charge in [0.25, 0.3) is 0 Å². The molecule has 0 aliphatic rings. The van der Waals surface area contributed by atoms with E-state index in [0.717, 1.165) is 22.8 Å². The molecule has 0 spiro atoms. The van der Waals surface area contributed by atoms with Crippen molar-refractivity contribution in [2.45, 2.75) is 45.9 Å². The molecule has 1 aromatic carbocycles. The number of likely N-dealkylation sites (N-methyl/N-ethyl adjacent to an activating group) is 1. The second kappa shape index (κ2) is 6.60. The van der Waals surface area contributed by atoms with E-state index in [9.17, 15) is 5.11 Å². The predicted octanol–water partition coefficient (Wildman–Crippen LogP) is 3.05. The highest BCUT2D eigenvalue weighted by molar-refractivity contribution is 6.31. The third-order valence-electron chi connectivity index (χ3n) is 2.80. The molecule has 0 saturated carbocycles. The Hall–Kier alpha value is -0.770. The molecule has 1 aromatic rings. The summed E-state index contributed by atoms with van der Waals surface area (Å²) in [7, 11) is 1.95. The molecule has 0 aromatic heterocycles. The maximum Gasteiger partial charge on any atom is 0.0765 e. The van der Waals surface area contributed by atoms with Crippen molar-refractivity contribution < 1.29 is 5.11 Å². The van der Waals surface area contributed by atoms with Crippen molar-refractivity contribution >= 4 is 17.3 Å². The van der Waals surface area contributed by atoms with Gasteiger partial charge in [0.15, 0.2) is 0 Å². The molecule has 0 amide bonds. The minimum atomic E-state index is -0.723. The second-order valence-electron chi connectivity index (χ2n) is 5.98. The largest absolute Gasteiger partial charge is 0.389 e. The molecule has 0 radical (unpaired) electrons. The van der Waals surface area contributed by atoms with E-state index in [2.05, 4.69) is 19.2 Å². The Morgan fingerprint density at radius 1 is 1.37 bits per heavy atom. The van der Waals surface area contributed by atoms with Gasteiger partial charge in [0, 0.05) is 36.9 Å². The van der Waals surface area contributed by atoms with Gasteiger partial charge in [-0.3, -0.25) is 0 Å². The van der Waals surface area contributed by atoms with Crippen LogP contribution in [0.5, 0.6) is 0 Å². The van der Waals surface area contributed by atoms with E-state index < -0.39 is 5.60 Å². The number of aliphatic hydroxyl groups is 1. The molecule has 0 heterocycles. The number of benzene rings is 1. The predicted molar refractivity (Wildman–Crippen MR) is 83.0 cm³/mol. The fraction of sp³-hybridized carbons (Fsp3) is 0.600. The summed E-state index contributed by atoms with van der Waals surface area (Å²) in [6.45, 7) is 9.15. The maximum absolute atomic E-state index is 9.83. The van der Waals surface area contributed by atoms with Crippen LogP contribution in [0.4, 0.5) is 5.69 Å². The van der Waals surface area contributed by atoms with Gasteiger partial charge in [-0.25, -0.2) is 0 Å². The van der Waals surface area contributed by atoms with E-state index in [4.69, 9.17) is 11.6 Å². The average molecular weight is 285 g/mol. The highest BCUT2D eigenvalue weighted by Crippen LogP contribution is 2.24. The smallest absolute Gasteiger partial charge is 0.0765 e. The van der Waals surface area contributed by atoms with Gasteiger partial charge in [-0.05, 0) is 31.5 Å². The zero-order valence-electron chi connectivity index (χ0n) is 12.5. The SMILES string of the molecule is CC(C)NCc1ccc(N(C)CC(C)(C)O)cc1Cl. The van der Waals surface area contributed by atoms with E-state index >= 15 is 0 Å². The monoisotopic (exact) mass is 284 g/mol. The first-order chi connectivity index (χ1) is 8.69. The van der Waals surface area contributed by atoms with E-state index in [-0.39, 0.29) is 0 Å². The number of nitrogens with one attached hydrogen (secondary N) is 1. The summed E-state index contributed by atoms with van der Waals surface area (Å²) in [5, 5.41) is 13.9. The first-order valence-electron chi connectivity index (χ1n) is 6.64. The van der Waals surface area contributed by atoms with Crippen LogP contribution in [0.15, 0.2) is 18.2 Å². The Kier molecular flexibility index (Phi) is 5.65. The van der Waals surface area contributed by atoms with Crippen LogP contribution >= 0.6 is 11.6 Å². The van der Waals surface area contributed by atoms with Crippen molar-refractivity contribution in [2.24, 2.45) is 0 Å². The standard InChI is InChI=1S/C15H25ClN2O/c1-11(2)17-9-12-6-7-13(8-14(12)16)18(5)10-15(3,4)19/h6-8,11,17,19H,9-10H2,1-5H3. The Labute approximate surface area is 121 Å². The molecule has 2 N–H and O–H groups in total. The summed E-state index contributed by atoms with van der Waals surface area (Å²) >= 11 is 6.30. The lowest BCUT2D eigenvalue weighted by atomic mass is 10.1. The minimum absolute atomic E-state index is 0.439. The van der Waals surface area contributed by atoms with Crippen molar-refractivity contribution in [3.63, 3.8) is 0 Å². The van der Waals surface area contributed by atoms with Gasteiger partial charge in [0.1, 0.15) is 0 Å². The summed E-state index contributed by atoms with van der Waals surface area (Å²) in [6, 6.07) is 6.46. The highest BCUT2D eigenvalue weighted by Gasteiger charge is 2.16. The van der Waals surface area contributed by atoms with Crippen LogP contribution in [-0.4, -0.2) is 30.3 Å². The molecule has 0 atom stereocenters. The van der Waals surface area contributed by atoms with Crippen LogP contribution in [0.3, 0.4) is 0 Å². The van der Waals surface area contributed by atoms with E-state index in [1.807, 2.05) is 30.1 Å². The summed E-state index contributed by atoms with van der Waals surface area (Å²) in [4.78, 5) is 2.01. The van der Waals surface area contributed by atoms with Crippen molar-refractivity contribution in [2.75, 3.05) is 18.5 Å². The number of nitrogens with zero attached hydrogens (tertiary/aromatic N) is 1. The third kappa shape index (κ3) is 5.81. The Bertz CT molecular complexity index is 413. The fourth-order valence-electron chi connectivity index (χ4n) is 1.90. The van der Waals surface area contributed by atoms with Gasteiger partial charge in [0.05, 0.1) is 5.60 Å². The third-order valence-corrected chi connectivity index (χ3v) is 3.15. The van der Waals surface area contributed by atoms with Crippen molar-refractivity contribution in [3.05, 3.63) is 28.8 Å². The van der Waals surface area contributed by atoms with Crippen LogP contribution < -0.4 is 10.2 Å². The van der Waals surface area contributed by atoms with Gasteiger partial charge < -0.3 is 15.3 Å². The highest BCUT2D eigenvalue weighted by atomic mass is 35.5. The molecule has 0 unspecified atom stereocenters. The number of hydrogen-bond acceptors (Lipinski definition) is 3. The molecule has 0 aliphatic carbocycles. The molecule has 0 bridgehead atoms. The van der Waals surface area contributed by atoms with Crippen molar-refractivity contribution in [3.8, 4) is 0 Å². The first-order valence-corrected chi connectivity index (χ1v) is 7.02. The van der Waals surface area contributed by atoms with Gasteiger partial charge >= 0.3 is 0 Å². The van der Waals surface area contributed by atoms with Gasteiger partial charge in [-0.1, -0.05) is 31.5 Å². The number of rotatable bonds is 6. The Morgan fingerprint density at radius 2 is 2.00 bits per heavy atom. The maximum atomic E-state index is 9.83. The van der Waals surface area contributed by atoms with Crippen LogP contribution in [0.2, 0.25) is 5.02 Å². The molecule has 0 fully saturated rings. The van der Waals surface area contributed by atoms with E-state index in [0.29, 0.717) is 12.6 Å². The minimum Gasteiger partial charge on any atom is -0.389 e. The fourth-order valence-corrected chi connectivity index (χ4v) is 2.14. The first kappa shape index (κ1) is 16.3. The second-order valence-corrected chi connectivity index (χ2v) is 6.39. The molecule has 0 saturated heterocycles. The summed E-state index contributed by atoms with van der Waals surface area (Å²) < 4.78 is 0. The molecular weight excluding hydrogens is 260 g/mol. The topological polar surface area (TPSA) is 35.5 Å². The normalized spacial score (nSPS) is 12.0. The van der Waals surface area contributed by atoms with Crippen LogP contribution in [0.1, 0.15) is 33.3 Å². The summed E-state index contributed by atoms with van der Waals surface area (Å²) in [5.41, 5.74) is 1.38. The van der Waals surface area contributed by atoms with Crippen LogP contribution in [-0.2, 0) is 6.54 Å². The van der Waals surface area contributed by atoms with Crippen LogP contribution in [0, 0.1) is 0 Å².